The van der Waals surface area contributed by atoms with Crippen molar-refractivity contribution in [3.8, 4) is 0 Å². The summed E-state index contributed by atoms with van der Waals surface area (Å²) >= 11 is 1.32. The zero-order valence-electron chi connectivity index (χ0n) is 9.47. The van der Waals surface area contributed by atoms with Crippen LogP contribution in [0, 0.1) is 0 Å². The van der Waals surface area contributed by atoms with Gasteiger partial charge in [-0.1, -0.05) is 19.1 Å². The van der Waals surface area contributed by atoms with Crippen LogP contribution in [0.1, 0.15) is 25.0 Å². The number of thioether (sulfide) groups is 1. The molecule has 1 rings (SSSR count). The molecule has 0 aliphatic carbocycles. The van der Waals surface area contributed by atoms with E-state index in [4.69, 9.17) is 9.84 Å². The van der Waals surface area contributed by atoms with E-state index in [-0.39, 0.29) is 11.9 Å². The molecule has 1 aromatic rings. The van der Waals surface area contributed by atoms with Gasteiger partial charge in [-0.15, -0.1) is 11.8 Å². The summed E-state index contributed by atoms with van der Waals surface area (Å²) in [6.45, 7) is 2.07. The highest BCUT2D eigenvalue weighted by Gasteiger charge is 2.07. The van der Waals surface area contributed by atoms with E-state index in [0.717, 1.165) is 16.9 Å². The molecule has 0 aromatic heterocycles. The van der Waals surface area contributed by atoms with Crippen LogP contribution >= 0.6 is 11.8 Å². The lowest BCUT2D eigenvalue weighted by molar-refractivity contribution is -0.133. The van der Waals surface area contributed by atoms with Crippen molar-refractivity contribution in [2.24, 2.45) is 0 Å². The molecule has 16 heavy (non-hydrogen) atoms. The molecule has 1 atom stereocenters. The van der Waals surface area contributed by atoms with E-state index >= 15 is 0 Å². The standard InChI is InChI=1S/C12H16O3S/c1-3-11(15-2)9-4-6-10(7-5-9)16-8-12(13)14/h4-7,11H,3,8H2,1-2H3,(H,13,14)/t11-/m0/s1. The Hall–Kier alpha value is -1.00. The molecular formula is C12H16O3S. The Morgan fingerprint density at radius 1 is 1.44 bits per heavy atom. The number of carboxylic acids is 1. The van der Waals surface area contributed by atoms with Crippen molar-refractivity contribution in [2.45, 2.75) is 24.3 Å². The summed E-state index contributed by atoms with van der Waals surface area (Å²) < 4.78 is 5.32. The minimum absolute atomic E-state index is 0.0980. The maximum absolute atomic E-state index is 10.4. The number of aliphatic carboxylic acids is 1. The Labute approximate surface area is 99.8 Å². The van der Waals surface area contributed by atoms with Gasteiger partial charge in [0.25, 0.3) is 0 Å². The molecule has 3 nitrogen and oxygen atoms in total. The number of carboxylic acid groups (broad SMARTS) is 1. The fourth-order valence-corrected chi connectivity index (χ4v) is 2.08. The van der Waals surface area contributed by atoms with Crippen LogP contribution in [-0.4, -0.2) is 23.9 Å². The van der Waals surface area contributed by atoms with E-state index < -0.39 is 5.97 Å². The summed E-state index contributed by atoms with van der Waals surface area (Å²) in [5, 5.41) is 8.55. The predicted molar refractivity (Wildman–Crippen MR) is 64.8 cm³/mol. The highest BCUT2D eigenvalue weighted by Crippen LogP contribution is 2.24. The zero-order valence-corrected chi connectivity index (χ0v) is 10.3. The lowest BCUT2D eigenvalue weighted by Gasteiger charge is -2.13. The molecule has 0 heterocycles. The fourth-order valence-electron chi connectivity index (χ4n) is 1.46. The Bertz CT molecular complexity index is 331. The molecule has 0 aliphatic heterocycles. The summed E-state index contributed by atoms with van der Waals surface area (Å²) in [5.41, 5.74) is 1.13. The van der Waals surface area contributed by atoms with Crippen LogP contribution in [0.25, 0.3) is 0 Å². The van der Waals surface area contributed by atoms with Crippen LogP contribution in [-0.2, 0) is 9.53 Å². The van der Waals surface area contributed by atoms with Crippen molar-refractivity contribution >= 4 is 17.7 Å². The Kier molecular flexibility index (Phi) is 5.35. The van der Waals surface area contributed by atoms with E-state index in [2.05, 4.69) is 6.92 Å². The number of carbonyl (C=O) groups is 1. The van der Waals surface area contributed by atoms with E-state index in [1.807, 2.05) is 24.3 Å². The number of ether oxygens (including phenoxy) is 1. The normalized spacial score (nSPS) is 12.4. The molecule has 0 bridgehead atoms. The zero-order chi connectivity index (χ0) is 12.0. The second-order valence-corrected chi connectivity index (χ2v) is 4.43. The first-order chi connectivity index (χ1) is 7.67. The first-order valence-corrected chi connectivity index (χ1v) is 6.13. The summed E-state index contributed by atoms with van der Waals surface area (Å²) in [6, 6.07) is 7.85. The van der Waals surface area contributed by atoms with Crippen molar-refractivity contribution in [3.63, 3.8) is 0 Å². The Morgan fingerprint density at radius 2 is 2.06 bits per heavy atom. The van der Waals surface area contributed by atoms with Crippen molar-refractivity contribution in [3.05, 3.63) is 29.8 Å². The fraction of sp³-hybridized carbons (Fsp3) is 0.417. The van der Waals surface area contributed by atoms with Crippen LogP contribution in [0.2, 0.25) is 0 Å². The molecule has 4 heteroatoms. The van der Waals surface area contributed by atoms with Crippen molar-refractivity contribution < 1.29 is 14.6 Å². The number of hydrogen-bond acceptors (Lipinski definition) is 3. The number of rotatable bonds is 6. The van der Waals surface area contributed by atoms with Gasteiger partial charge in [0, 0.05) is 12.0 Å². The average molecular weight is 240 g/mol. The summed E-state index contributed by atoms with van der Waals surface area (Å²) in [6.07, 6.45) is 1.05. The third-order valence-corrected chi connectivity index (χ3v) is 3.27. The summed E-state index contributed by atoms with van der Waals surface area (Å²) in [7, 11) is 1.70. The van der Waals surface area contributed by atoms with E-state index in [1.54, 1.807) is 7.11 Å². The molecular weight excluding hydrogens is 224 g/mol. The highest BCUT2D eigenvalue weighted by molar-refractivity contribution is 8.00. The molecule has 0 unspecified atom stereocenters. The summed E-state index contributed by atoms with van der Waals surface area (Å²) in [5.74, 6) is -0.696. The second kappa shape index (κ2) is 6.55. The Balaban J connectivity index is 2.63. The first kappa shape index (κ1) is 13.1. The van der Waals surface area contributed by atoms with Gasteiger partial charge >= 0.3 is 5.97 Å². The van der Waals surface area contributed by atoms with E-state index in [9.17, 15) is 4.79 Å². The molecule has 0 radical (unpaired) electrons. The van der Waals surface area contributed by atoms with Crippen LogP contribution in [0.3, 0.4) is 0 Å². The maximum Gasteiger partial charge on any atom is 0.313 e. The van der Waals surface area contributed by atoms with E-state index in [0.29, 0.717) is 0 Å². The maximum atomic E-state index is 10.4. The topological polar surface area (TPSA) is 46.5 Å². The monoisotopic (exact) mass is 240 g/mol. The molecule has 0 saturated heterocycles. The second-order valence-electron chi connectivity index (χ2n) is 3.38. The first-order valence-electron chi connectivity index (χ1n) is 5.14. The van der Waals surface area contributed by atoms with Crippen molar-refractivity contribution in [1.82, 2.24) is 0 Å². The minimum atomic E-state index is -0.794. The summed E-state index contributed by atoms with van der Waals surface area (Å²) in [4.78, 5) is 11.4. The van der Waals surface area contributed by atoms with E-state index in [1.165, 1.54) is 11.8 Å². The SMILES string of the molecule is CC[C@H](OC)c1ccc(SCC(=O)O)cc1. The third kappa shape index (κ3) is 3.87. The van der Waals surface area contributed by atoms with Gasteiger partial charge in [-0.3, -0.25) is 4.79 Å². The average Bonchev–Trinajstić information content (AvgIpc) is 2.29. The van der Waals surface area contributed by atoms with Gasteiger partial charge < -0.3 is 9.84 Å². The molecule has 0 amide bonds. The smallest absolute Gasteiger partial charge is 0.313 e. The third-order valence-electron chi connectivity index (χ3n) is 2.27. The van der Waals surface area contributed by atoms with Crippen LogP contribution in [0.5, 0.6) is 0 Å². The molecule has 0 spiro atoms. The number of benzene rings is 1. The van der Waals surface area contributed by atoms with Crippen molar-refractivity contribution in [1.29, 1.82) is 0 Å². The molecule has 1 aromatic carbocycles. The molecule has 0 saturated carbocycles. The lowest BCUT2D eigenvalue weighted by atomic mass is 10.1. The molecule has 0 aliphatic rings. The molecule has 1 N–H and O–H groups in total. The van der Waals surface area contributed by atoms with Gasteiger partial charge in [0.2, 0.25) is 0 Å². The van der Waals surface area contributed by atoms with Gasteiger partial charge in [-0.2, -0.15) is 0 Å². The van der Waals surface area contributed by atoms with Gasteiger partial charge in [0.1, 0.15) is 0 Å². The Morgan fingerprint density at radius 3 is 2.50 bits per heavy atom. The largest absolute Gasteiger partial charge is 0.481 e. The van der Waals surface area contributed by atoms with Gasteiger partial charge in [-0.25, -0.2) is 0 Å². The van der Waals surface area contributed by atoms with Crippen molar-refractivity contribution in [2.75, 3.05) is 12.9 Å². The number of methoxy groups -OCH3 is 1. The van der Waals surface area contributed by atoms with Gasteiger partial charge in [0.05, 0.1) is 11.9 Å². The quantitative estimate of drug-likeness (QED) is 0.776. The molecule has 88 valence electrons. The minimum Gasteiger partial charge on any atom is -0.481 e. The van der Waals surface area contributed by atoms with Crippen LogP contribution in [0.15, 0.2) is 29.2 Å². The highest BCUT2D eigenvalue weighted by atomic mass is 32.2. The lowest BCUT2D eigenvalue weighted by Crippen LogP contribution is -2.00. The number of hydrogen-bond donors (Lipinski definition) is 1. The van der Waals surface area contributed by atoms with Crippen LogP contribution < -0.4 is 0 Å². The van der Waals surface area contributed by atoms with Gasteiger partial charge in [0.15, 0.2) is 0 Å². The van der Waals surface area contributed by atoms with Gasteiger partial charge in [-0.05, 0) is 24.1 Å². The molecule has 0 fully saturated rings. The van der Waals surface area contributed by atoms with Crippen LogP contribution in [0.4, 0.5) is 0 Å². The predicted octanol–water partition coefficient (Wildman–Crippen LogP) is 2.96.